The van der Waals surface area contributed by atoms with E-state index in [1.165, 1.54) is 20.4 Å². The van der Waals surface area contributed by atoms with E-state index in [0.717, 1.165) is 0 Å². The number of fused-ring (bicyclic) bond motifs is 1. The summed E-state index contributed by atoms with van der Waals surface area (Å²) < 4.78 is 70.7. The normalized spacial score (nSPS) is 11.7. The van der Waals surface area contributed by atoms with Crippen LogP contribution in [0.3, 0.4) is 0 Å². The highest BCUT2D eigenvalue weighted by Gasteiger charge is 2.26. The number of aromatic nitrogens is 5. The fraction of sp³-hybridized carbons (Fsp3) is 0.250. The molecule has 3 aromatic heterocycles. The van der Waals surface area contributed by atoms with Crippen LogP contribution in [0.2, 0.25) is 5.02 Å². The number of aromatic amines is 1. The van der Waals surface area contributed by atoms with Crippen LogP contribution in [0.25, 0.3) is 22.2 Å². The number of H-pyrrole nitrogens is 1. The Morgan fingerprint density at radius 1 is 1.20 bits per heavy atom. The number of rotatable bonds is 9. The van der Waals surface area contributed by atoms with Crippen LogP contribution in [0.15, 0.2) is 35.7 Å². The predicted octanol–water partition coefficient (Wildman–Crippen LogP) is 3.47. The number of alkyl halides is 2. The molecule has 0 atom stereocenters. The Bertz CT molecular complexity index is 1470. The molecule has 4 rings (SSSR count). The molecule has 4 aromatic rings. The lowest BCUT2D eigenvalue weighted by Crippen LogP contribution is -2.16. The van der Waals surface area contributed by atoms with Crippen LogP contribution in [0.1, 0.15) is 0 Å². The number of hydrogen-bond acceptors (Lipinski definition) is 8. The van der Waals surface area contributed by atoms with Crippen molar-refractivity contribution < 1.29 is 31.4 Å². The molecule has 0 amide bonds. The molecule has 0 saturated carbocycles. The second kappa shape index (κ2) is 9.54. The molecule has 0 fully saturated rings. The zero-order chi connectivity index (χ0) is 25.3. The smallest absolute Gasteiger partial charge is 0.272 e. The third-order valence-electron chi connectivity index (χ3n) is 4.79. The first-order valence-electron chi connectivity index (χ1n) is 9.86. The van der Waals surface area contributed by atoms with Crippen LogP contribution in [-0.2, 0) is 17.1 Å². The fourth-order valence-electron chi connectivity index (χ4n) is 3.34. The van der Waals surface area contributed by atoms with Crippen molar-refractivity contribution in [2.45, 2.75) is 11.3 Å². The van der Waals surface area contributed by atoms with E-state index in [-0.39, 0.29) is 22.4 Å². The van der Waals surface area contributed by atoms with Gasteiger partial charge < -0.3 is 23.8 Å². The van der Waals surface area contributed by atoms with E-state index in [9.17, 15) is 17.2 Å². The molecule has 15 heteroatoms. The Morgan fingerprint density at radius 3 is 2.46 bits per heavy atom. The number of hydrogen-bond donors (Lipinski definition) is 2. The lowest BCUT2D eigenvalue weighted by molar-refractivity contribution is 0.0781. The molecular weight excluding hydrogens is 510 g/mol. The second-order valence-electron chi connectivity index (χ2n) is 7.12. The van der Waals surface area contributed by atoms with Crippen molar-refractivity contribution in [3.8, 4) is 28.8 Å². The first kappa shape index (κ1) is 24.5. The van der Waals surface area contributed by atoms with Crippen molar-refractivity contribution in [1.82, 2.24) is 24.5 Å². The number of ether oxygens (including phenoxy) is 3. The van der Waals surface area contributed by atoms with E-state index in [4.69, 9.17) is 25.8 Å². The molecule has 11 nitrogen and oxygen atoms in total. The van der Waals surface area contributed by atoms with Crippen molar-refractivity contribution in [2.75, 3.05) is 25.5 Å². The lowest BCUT2D eigenvalue weighted by atomic mass is 10.1. The molecule has 0 aliphatic heterocycles. The maximum absolute atomic E-state index is 13.2. The predicted molar refractivity (Wildman–Crippen MR) is 123 cm³/mol. The van der Waals surface area contributed by atoms with Gasteiger partial charge >= 0.3 is 0 Å². The standard InChI is InChI=1S/C20H19ClF2N6O5S/c1-29-7-12(25-9-29)15-11(21)5-4-10-13(6-24-16(10)15)35(30,31)28-20-26-18(32-2)17(19(27-20)33-3)34-8-14(22)23/h4-7,9,14,24H,8H2,1-3H3,(H,26,27,28). The van der Waals surface area contributed by atoms with Crippen molar-refractivity contribution >= 4 is 38.5 Å². The zero-order valence-corrected chi connectivity index (χ0v) is 20.1. The molecule has 3 heterocycles. The van der Waals surface area contributed by atoms with Gasteiger partial charge in [-0.05, 0) is 12.1 Å². The second-order valence-corrected chi connectivity index (χ2v) is 9.18. The highest BCUT2D eigenvalue weighted by Crippen LogP contribution is 2.38. The minimum atomic E-state index is -4.24. The number of nitrogens with zero attached hydrogens (tertiary/aromatic N) is 4. The lowest BCUT2D eigenvalue weighted by Gasteiger charge is -2.14. The molecule has 0 spiro atoms. The third kappa shape index (κ3) is 4.79. The molecule has 0 aliphatic carbocycles. The molecule has 35 heavy (non-hydrogen) atoms. The van der Waals surface area contributed by atoms with E-state index in [0.29, 0.717) is 27.2 Å². The Hall–Kier alpha value is -3.65. The van der Waals surface area contributed by atoms with Crippen LogP contribution in [-0.4, -0.2) is 60.2 Å². The topological polar surface area (TPSA) is 133 Å². The van der Waals surface area contributed by atoms with Gasteiger partial charge in [-0.25, -0.2) is 26.9 Å². The van der Waals surface area contributed by atoms with E-state index in [2.05, 4.69) is 24.7 Å². The summed E-state index contributed by atoms with van der Waals surface area (Å²) in [4.78, 5) is 15.0. The summed E-state index contributed by atoms with van der Waals surface area (Å²) in [5.41, 5.74) is 1.55. The molecule has 0 unspecified atom stereocenters. The number of methoxy groups -OCH3 is 2. The van der Waals surface area contributed by atoms with Crippen molar-refractivity contribution in [3.05, 3.63) is 35.9 Å². The van der Waals surface area contributed by atoms with Gasteiger partial charge in [0.15, 0.2) is 0 Å². The van der Waals surface area contributed by atoms with Gasteiger partial charge in [-0.3, -0.25) is 0 Å². The number of imidazole rings is 1. The van der Waals surface area contributed by atoms with E-state index in [1.807, 2.05) is 0 Å². The van der Waals surface area contributed by atoms with Gasteiger partial charge in [-0.2, -0.15) is 9.97 Å². The Morgan fingerprint density at radius 2 is 1.89 bits per heavy atom. The monoisotopic (exact) mass is 528 g/mol. The maximum Gasteiger partial charge on any atom is 0.272 e. The van der Waals surface area contributed by atoms with Gasteiger partial charge in [0, 0.05) is 30.4 Å². The van der Waals surface area contributed by atoms with Gasteiger partial charge in [0.1, 0.15) is 11.5 Å². The average molecular weight is 529 g/mol. The van der Waals surface area contributed by atoms with Gasteiger partial charge in [0.25, 0.3) is 28.2 Å². The molecular formula is C20H19ClF2N6O5S. The number of benzene rings is 1. The van der Waals surface area contributed by atoms with Gasteiger partial charge in [-0.15, -0.1) is 0 Å². The molecule has 1 aromatic carbocycles. The van der Waals surface area contributed by atoms with Crippen molar-refractivity contribution in [1.29, 1.82) is 0 Å². The quantitative estimate of drug-likeness (QED) is 0.337. The number of halogens is 3. The average Bonchev–Trinajstić information content (AvgIpc) is 3.43. The van der Waals surface area contributed by atoms with Gasteiger partial charge in [-0.1, -0.05) is 11.6 Å². The van der Waals surface area contributed by atoms with Crippen LogP contribution < -0.4 is 18.9 Å². The van der Waals surface area contributed by atoms with Gasteiger partial charge in [0.2, 0.25) is 11.7 Å². The molecule has 0 aliphatic rings. The summed E-state index contributed by atoms with van der Waals surface area (Å²) >= 11 is 6.39. The summed E-state index contributed by atoms with van der Waals surface area (Å²) in [7, 11) is -0.0292. The minimum Gasteiger partial charge on any atom is -0.478 e. The summed E-state index contributed by atoms with van der Waals surface area (Å²) in [6, 6.07) is 3.12. The molecule has 0 radical (unpaired) electrons. The number of anilines is 1. The van der Waals surface area contributed by atoms with Gasteiger partial charge in [0.05, 0.1) is 36.8 Å². The largest absolute Gasteiger partial charge is 0.478 e. The highest BCUT2D eigenvalue weighted by atomic mass is 35.5. The maximum atomic E-state index is 13.2. The first-order chi connectivity index (χ1) is 16.6. The summed E-state index contributed by atoms with van der Waals surface area (Å²) in [5, 5.41) is 0.727. The van der Waals surface area contributed by atoms with Crippen LogP contribution in [0.5, 0.6) is 17.5 Å². The first-order valence-corrected chi connectivity index (χ1v) is 11.7. The third-order valence-corrected chi connectivity index (χ3v) is 6.47. The van der Waals surface area contributed by atoms with E-state index < -0.39 is 29.0 Å². The molecule has 186 valence electrons. The van der Waals surface area contributed by atoms with E-state index >= 15 is 0 Å². The Kier molecular flexibility index (Phi) is 6.67. The van der Waals surface area contributed by atoms with Crippen molar-refractivity contribution in [3.63, 3.8) is 0 Å². The minimum absolute atomic E-state index is 0.110. The highest BCUT2D eigenvalue weighted by molar-refractivity contribution is 7.93. The summed E-state index contributed by atoms with van der Waals surface area (Å²) in [6.07, 6.45) is 1.87. The molecule has 0 saturated heterocycles. The Labute approximate surface area is 203 Å². The van der Waals surface area contributed by atoms with Crippen LogP contribution in [0, 0.1) is 0 Å². The Balaban J connectivity index is 1.74. The number of sulfonamides is 1. The zero-order valence-electron chi connectivity index (χ0n) is 18.5. The number of aryl methyl sites for hydroxylation is 1. The fourth-order valence-corrected chi connectivity index (χ4v) is 4.71. The summed E-state index contributed by atoms with van der Waals surface area (Å²) in [5.74, 6) is -1.30. The molecule has 2 N–H and O–H groups in total. The number of nitrogens with one attached hydrogen (secondary N) is 2. The van der Waals surface area contributed by atoms with E-state index in [1.54, 1.807) is 36.3 Å². The van der Waals surface area contributed by atoms with Crippen LogP contribution in [0.4, 0.5) is 14.7 Å². The SMILES string of the molecule is COc1nc(NS(=O)(=O)c2c[nH]c3c(-c4cn(C)cn4)c(Cl)ccc23)nc(OC)c1OCC(F)F. The van der Waals surface area contributed by atoms with Crippen LogP contribution >= 0.6 is 11.6 Å². The van der Waals surface area contributed by atoms with Crippen molar-refractivity contribution in [2.24, 2.45) is 7.05 Å². The summed E-state index contributed by atoms with van der Waals surface area (Å²) in [6.45, 7) is -0.961. The molecule has 0 bridgehead atoms.